The molecule has 0 saturated heterocycles. The Bertz CT molecular complexity index is 759. The second kappa shape index (κ2) is 13.3. The summed E-state index contributed by atoms with van der Waals surface area (Å²) in [5.74, 6) is 4.51. The highest BCUT2D eigenvalue weighted by Crippen LogP contribution is 2.67. The van der Waals surface area contributed by atoms with Gasteiger partial charge in [-0.3, -0.25) is 4.79 Å². The largest absolute Gasteiger partial charge is 0.463 e. The van der Waals surface area contributed by atoms with Crippen LogP contribution in [0, 0.1) is 40.4 Å². The van der Waals surface area contributed by atoms with Crippen molar-refractivity contribution in [2.75, 3.05) is 33.2 Å². The van der Waals surface area contributed by atoms with Crippen molar-refractivity contribution in [1.82, 2.24) is 10.2 Å². The minimum atomic E-state index is -0.00500. The first kappa shape index (κ1) is 30.3. The van der Waals surface area contributed by atoms with Crippen molar-refractivity contribution in [3.63, 3.8) is 0 Å². The van der Waals surface area contributed by atoms with E-state index in [1.54, 1.807) is 0 Å². The zero-order chi connectivity index (χ0) is 27.3. The van der Waals surface area contributed by atoms with E-state index in [-0.39, 0.29) is 12.1 Å². The van der Waals surface area contributed by atoms with E-state index in [1.807, 2.05) is 13.8 Å². The first-order valence-corrected chi connectivity index (χ1v) is 16.5. The molecule has 8 atom stereocenters. The monoisotopic (exact) mass is 531 g/mol. The van der Waals surface area contributed by atoms with Crippen LogP contribution in [0.15, 0.2) is 0 Å². The maximum absolute atomic E-state index is 12.1. The van der Waals surface area contributed by atoms with E-state index in [0.29, 0.717) is 17.3 Å². The van der Waals surface area contributed by atoms with Crippen LogP contribution in [0.4, 0.5) is 0 Å². The molecule has 0 radical (unpaired) electrons. The van der Waals surface area contributed by atoms with Crippen molar-refractivity contribution in [2.24, 2.45) is 46.2 Å². The third-order valence-electron chi connectivity index (χ3n) is 12.1. The number of carbonyl (C=O) groups excluding carboxylic acids is 1. The van der Waals surface area contributed by atoms with Gasteiger partial charge in [0.05, 0.1) is 6.10 Å². The smallest absolute Gasteiger partial charge is 0.306 e. The molecule has 4 unspecified atom stereocenters. The number of hydrogen-bond donors (Lipinski definition) is 2. The summed E-state index contributed by atoms with van der Waals surface area (Å²) in [5, 5.41) is 3.96. The molecular formula is C33H61N3O2. The lowest BCUT2D eigenvalue weighted by Gasteiger charge is -2.61. The number of nitrogens with two attached hydrogens (primary N) is 1. The average molecular weight is 532 g/mol. The van der Waals surface area contributed by atoms with Crippen molar-refractivity contribution in [1.29, 1.82) is 0 Å². The normalized spacial score (nSPS) is 38.6. The van der Waals surface area contributed by atoms with Gasteiger partial charge in [0, 0.05) is 12.5 Å². The molecule has 220 valence electrons. The highest BCUT2D eigenvalue weighted by atomic mass is 16.5. The Morgan fingerprint density at radius 2 is 1.71 bits per heavy atom. The summed E-state index contributed by atoms with van der Waals surface area (Å²) >= 11 is 0. The highest BCUT2D eigenvalue weighted by Gasteiger charge is 2.59. The fourth-order valence-electron chi connectivity index (χ4n) is 9.97. The van der Waals surface area contributed by atoms with Crippen LogP contribution >= 0.6 is 0 Å². The average Bonchev–Trinajstić information content (AvgIpc) is 3.21. The SMILES string of the molecule is CC(C)OC(=O)CCC[C@H]1CCC2C3CCC4C[C@@H](NCCCN(C)CCCN)CC[C@]4(C)C3CC[C@@]21C. The summed E-state index contributed by atoms with van der Waals surface area (Å²) in [7, 11) is 2.23. The molecular weight excluding hydrogens is 470 g/mol. The Balaban J connectivity index is 1.25. The lowest BCUT2D eigenvalue weighted by molar-refractivity contribution is -0.147. The van der Waals surface area contributed by atoms with E-state index in [0.717, 1.165) is 68.1 Å². The van der Waals surface area contributed by atoms with Gasteiger partial charge in [0.2, 0.25) is 0 Å². The van der Waals surface area contributed by atoms with Crippen molar-refractivity contribution in [2.45, 2.75) is 130 Å². The minimum Gasteiger partial charge on any atom is -0.463 e. The van der Waals surface area contributed by atoms with Crippen molar-refractivity contribution >= 4 is 5.97 Å². The molecule has 0 aromatic carbocycles. The first-order chi connectivity index (χ1) is 18.2. The Labute approximate surface area is 234 Å². The molecule has 0 amide bonds. The van der Waals surface area contributed by atoms with Crippen LogP contribution in [0.1, 0.15) is 118 Å². The number of carbonyl (C=O) groups is 1. The van der Waals surface area contributed by atoms with E-state index in [9.17, 15) is 4.79 Å². The maximum Gasteiger partial charge on any atom is 0.306 e. The molecule has 5 nitrogen and oxygen atoms in total. The summed E-state index contributed by atoms with van der Waals surface area (Å²) in [6.45, 7) is 13.5. The Morgan fingerprint density at radius 3 is 2.47 bits per heavy atom. The molecule has 4 saturated carbocycles. The van der Waals surface area contributed by atoms with Gasteiger partial charge >= 0.3 is 5.97 Å². The molecule has 3 N–H and O–H groups in total. The van der Waals surface area contributed by atoms with Gasteiger partial charge in [-0.2, -0.15) is 0 Å². The molecule has 0 aromatic rings. The summed E-state index contributed by atoms with van der Waals surface area (Å²) in [4.78, 5) is 14.5. The van der Waals surface area contributed by atoms with Gasteiger partial charge in [-0.1, -0.05) is 13.8 Å². The number of fused-ring (bicyclic) bond motifs is 5. The van der Waals surface area contributed by atoms with Crippen LogP contribution in [0.2, 0.25) is 0 Å². The van der Waals surface area contributed by atoms with Gasteiger partial charge < -0.3 is 20.7 Å². The maximum atomic E-state index is 12.1. The molecule has 0 bridgehead atoms. The predicted octanol–water partition coefficient (Wildman–Crippen LogP) is 6.40. The van der Waals surface area contributed by atoms with Crippen molar-refractivity contribution in [3.05, 3.63) is 0 Å². The summed E-state index contributed by atoms with van der Waals surface area (Å²) in [6, 6.07) is 0.728. The van der Waals surface area contributed by atoms with Crippen LogP contribution in [0.3, 0.4) is 0 Å². The molecule has 4 aliphatic rings. The fraction of sp³-hybridized carbons (Fsp3) is 0.970. The molecule has 4 fully saturated rings. The van der Waals surface area contributed by atoms with Crippen LogP contribution in [-0.4, -0.2) is 56.2 Å². The molecule has 0 aromatic heterocycles. The lowest BCUT2D eigenvalue weighted by Crippen LogP contribution is -2.55. The summed E-state index contributed by atoms with van der Waals surface area (Å²) < 4.78 is 5.39. The predicted molar refractivity (Wildman–Crippen MR) is 158 cm³/mol. The fourth-order valence-corrected chi connectivity index (χ4v) is 9.97. The van der Waals surface area contributed by atoms with Crippen LogP contribution in [0.5, 0.6) is 0 Å². The number of ether oxygens (including phenoxy) is 1. The molecule has 38 heavy (non-hydrogen) atoms. The van der Waals surface area contributed by atoms with Gasteiger partial charge in [-0.15, -0.1) is 0 Å². The highest BCUT2D eigenvalue weighted by molar-refractivity contribution is 5.69. The van der Waals surface area contributed by atoms with Crippen molar-refractivity contribution < 1.29 is 9.53 Å². The molecule has 4 aliphatic carbocycles. The molecule has 5 heteroatoms. The topological polar surface area (TPSA) is 67.6 Å². The zero-order valence-corrected chi connectivity index (χ0v) is 25.6. The first-order valence-electron chi connectivity index (χ1n) is 16.5. The number of rotatable bonds is 13. The van der Waals surface area contributed by atoms with Crippen molar-refractivity contribution in [3.8, 4) is 0 Å². The van der Waals surface area contributed by atoms with E-state index in [1.165, 1.54) is 77.2 Å². The quantitative estimate of drug-likeness (QED) is 0.213. The molecule has 0 spiro atoms. The van der Waals surface area contributed by atoms with Crippen LogP contribution in [-0.2, 0) is 9.53 Å². The number of nitrogens with zero attached hydrogens (tertiary/aromatic N) is 1. The lowest BCUT2D eigenvalue weighted by atomic mass is 9.44. The second-order valence-corrected chi connectivity index (χ2v) is 14.6. The molecule has 0 heterocycles. The van der Waals surface area contributed by atoms with E-state index in [4.69, 9.17) is 10.5 Å². The van der Waals surface area contributed by atoms with Gasteiger partial charge in [0.15, 0.2) is 0 Å². The molecule has 0 aliphatic heterocycles. The minimum absolute atomic E-state index is 0.00500. The Kier molecular flexibility index (Phi) is 10.6. The van der Waals surface area contributed by atoms with E-state index < -0.39 is 0 Å². The van der Waals surface area contributed by atoms with E-state index >= 15 is 0 Å². The van der Waals surface area contributed by atoms with Gasteiger partial charge in [0.25, 0.3) is 0 Å². The van der Waals surface area contributed by atoms with Gasteiger partial charge in [0.1, 0.15) is 0 Å². The summed E-state index contributed by atoms with van der Waals surface area (Å²) in [5.41, 5.74) is 6.72. The number of esters is 1. The third-order valence-corrected chi connectivity index (χ3v) is 12.1. The second-order valence-electron chi connectivity index (χ2n) is 14.6. The Morgan fingerprint density at radius 1 is 0.974 bits per heavy atom. The standard InChI is InChI=1S/C33H61N3O2/c1-24(2)38-31(37)10-6-9-25-12-14-29-28-13-11-26-23-27(35-20-8-22-36(5)21-7-19-34)15-17-33(26,4)30(28)16-18-32(25,29)3/h24-30,35H,6-23,34H2,1-5H3/t25-,26?,27-,28?,29?,30?,32+,33-/m0/s1. The third kappa shape index (κ3) is 6.79. The van der Waals surface area contributed by atoms with Crippen LogP contribution < -0.4 is 11.1 Å². The zero-order valence-electron chi connectivity index (χ0n) is 25.6. The number of nitrogens with one attached hydrogen (secondary N) is 1. The van der Waals surface area contributed by atoms with Gasteiger partial charge in [-0.25, -0.2) is 0 Å². The summed E-state index contributed by atoms with van der Waals surface area (Å²) in [6.07, 6.45) is 18.0. The Hall–Kier alpha value is -0.650. The number of hydrogen-bond acceptors (Lipinski definition) is 5. The molecule has 4 rings (SSSR count). The van der Waals surface area contributed by atoms with Gasteiger partial charge in [-0.05, 0) is 171 Å². The van der Waals surface area contributed by atoms with Crippen LogP contribution in [0.25, 0.3) is 0 Å². The van der Waals surface area contributed by atoms with E-state index in [2.05, 4.69) is 31.1 Å².